The number of hydrogen-bond donors (Lipinski definition) is 1. The average Bonchev–Trinajstić information content (AvgIpc) is 2.42. The highest BCUT2D eigenvalue weighted by Gasteiger charge is 2.15. The molecule has 3 nitrogen and oxygen atoms in total. The summed E-state index contributed by atoms with van der Waals surface area (Å²) in [5, 5.41) is 3.29. The summed E-state index contributed by atoms with van der Waals surface area (Å²) in [7, 11) is 0. The van der Waals surface area contributed by atoms with Crippen LogP contribution >= 0.6 is 0 Å². The molecule has 0 aliphatic carbocycles. The normalized spacial score (nSPS) is 9.89. The number of para-hydroxylation sites is 1. The number of nitrogens with one attached hydrogen (secondary N) is 1. The number of benzene rings is 1. The lowest BCUT2D eigenvalue weighted by Gasteiger charge is -2.21. The van der Waals surface area contributed by atoms with E-state index in [0.29, 0.717) is 13.1 Å². The maximum Gasteiger partial charge on any atom is 0.256 e. The van der Waals surface area contributed by atoms with Gasteiger partial charge in [-0.2, -0.15) is 0 Å². The van der Waals surface area contributed by atoms with E-state index >= 15 is 0 Å². The van der Waals surface area contributed by atoms with Crippen molar-refractivity contribution >= 4 is 11.6 Å². The predicted molar refractivity (Wildman–Crippen MR) is 77.0 cm³/mol. The zero-order valence-corrected chi connectivity index (χ0v) is 11.3. The van der Waals surface area contributed by atoms with E-state index in [0.717, 1.165) is 24.2 Å². The highest BCUT2D eigenvalue weighted by atomic mass is 16.2. The summed E-state index contributed by atoms with van der Waals surface area (Å²) in [5.74, 6) is 0.0524. The van der Waals surface area contributed by atoms with Gasteiger partial charge in [0.2, 0.25) is 0 Å². The van der Waals surface area contributed by atoms with E-state index in [4.69, 9.17) is 0 Å². The summed E-state index contributed by atoms with van der Waals surface area (Å²) in [6, 6.07) is 7.65. The van der Waals surface area contributed by atoms with E-state index in [9.17, 15) is 4.79 Å². The van der Waals surface area contributed by atoms with Crippen molar-refractivity contribution in [3.63, 3.8) is 0 Å². The largest absolute Gasteiger partial charge is 0.384 e. The average molecular weight is 246 g/mol. The number of carbonyl (C=O) groups is 1. The first-order valence-corrected chi connectivity index (χ1v) is 6.47. The van der Waals surface area contributed by atoms with Gasteiger partial charge in [-0.25, -0.2) is 0 Å². The first-order valence-electron chi connectivity index (χ1n) is 6.47. The molecule has 98 valence electrons. The molecule has 0 saturated carbocycles. The maximum atomic E-state index is 12.4. The van der Waals surface area contributed by atoms with Crippen molar-refractivity contribution in [1.29, 1.82) is 0 Å². The Morgan fingerprint density at radius 2 is 2.11 bits per heavy atom. The Balaban J connectivity index is 2.92. The molecule has 0 bridgehead atoms. The zero-order valence-electron chi connectivity index (χ0n) is 11.3. The van der Waals surface area contributed by atoms with Gasteiger partial charge in [-0.1, -0.05) is 25.1 Å². The van der Waals surface area contributed by atoms with Crippen LogP contribution in [0.4, 0.5) is 5.69 Å². The third kappa shape index (κ3) is 3.62. The Morgan fingerprint density at radius 1 is 1.39 bits per heavy atom. The number of nitrogens with zero attached hydrogens (tertiary/aromatic N) is 1. The van der Waals surface area contributed by atoms with Crippen LogP contribution in [0.3, 0.4) is 0 Å². The van der Waals surface area contributed by atoms with Crippen LogP contribution in [0.15, 0.2) is 36.9 Å². The molecule has 0 spiro atoms. The van der Waals surface area contributed by atoms with Crippen molar-refractivity contribution in [2.75, 3.05) is 25.0 Å². The van der Waals surface area contributed by atoms with Crippen molar-refractivity contribution in [3.8, 4) is 0 Å². The highest BCUT2D eigenvalue weighted by Crippen LogP contribution is 2.17. The fourth-order valence-electron chi connectivity index (χ4n) is 1.77. The lowest BCUT2D eigenvalue weighted by atomic mass is 10.1. The minimum Gasteiger partial charge on any atom is -0.384 e. The van der Waals surface area contributed by atoms with Crippen molar-refractivity contribution in [2.45, 2.75) is 20.3 Å². The fraction of sp³-hybridized carbons (Fsp3) is 0.400. The molecule has 18 heavy (non-hydrogen) atoms. The minimum absolute atomic E-state index is 0.0524. The van der Waals surface area contributed by atoms with Gasteiger partial charge in [-0.05, 0) is 25.5 Å². The molecule has 1 aromatic rings. The molecular formula is C15H22N2O. The van der Waals surface area contributed by atoms with Crippen LogP contribution in [-0.4, -0.2) is 30.4 Å². The van der Waals surface area contributed by atoms with Gasteiger partial charge < -0.3 is 10.2 Å². The summed E-state index contributed by atoms with van der Waals surface area (Å²) in [5.41, 5.74) is 1.64. The third-order valence-corrected chi connectivity index (χ3v) is 2.74. The Morgan fingerprint density at radius 3 is 2.72 bits per heavy atom. The van der Waals surface area contributed by atoms with Gasteiger partial charge in [0.15, 0.2) is 0 Å². The van der Waals surface area contributed by atoms with Gasteiger partial charge >= 0.3 is 0 Å². The second kappa shape index (κ2) is 7.54. The van der Waals surface area contributed by atoms with E-state index in [2.05, 4.69) is 18.8 Å². The number of likely N-dealkylation sites (N-methyl/N-ethyl adjacent to an activating group) is 1. The number of hydrogen-bond acceptors (Lipinski definition) is 2. The summed E-state index contributed by atoms with van der Waals surface area (Å²) in [6.07, 6.45) is 2.79. The highest BCUT2D eigenvalue weighted by molar-refractivity contribution is 5.99. The Kier molecular flexibility index (Phi) is 5.98. The lowest BCUT2D eigenvalue weighted by molar-refractivity contribution is 0.0783. The number of amides is 1. The molecule has 0 heterocycles. The Hall–Kier alpha value is -1.77. The Bertz CT molecular complexity index is 401. The molecule has 1 N–H and O–H groups in total. The SMILES string of the molecule is C=CCN(CC)C(=O)c1ccccc1NCCC. The molecule has 0 atom stereocenters. The van der Waals surface area contributed by atoms with Crippen molar-refractivity contribution in [1.82, 2.24) is 4.90 Å². The van der Waals surface area contributed by atoms with Crippen LogP contribution in [0, 0.1) is 0 Å². The molecule has 3 heteroatoms. The molecule has 0 aromatic heterocycles. The van der Waals surface area contributed by atoms with Crippen LogP contribution in [-0.2, 0) is 0 Å². The van der Waals surface area contributed by atoms with E-state index in [-0.39, 0.29) is 5.91 Å². The van der Waals surface area contributed by atoms with Gasteiger partial charge in [-0.15, -0.1) is 6.58 Å². The standard InChI is InChI=1S/C15H22N2O/c1-4-11-16-14-10-8-7-9-13(14)15(18)17(6-3)12-5-2/h5,7-10,16H,2,4,6,11-12H2,1,3H3. The van der Waals surface area contributed by atoms with Crippen molar-refractivity contribution in [2.24, 2.45) is 0 Å². The maximum absolute atomic E-state index is 12.4. The van der Waals surface area contributed by atoms with Crippen LogP contribution in [0.2, 0.25) is 0 Å². The third-order valence-electron chi connectivity index (χ3n) is 2.74. The van der Waals surface area contributed by atoms with Crippen molar-refractivity contribution < 1.29 is 4.79 Å². The molecule has 1 amide bonds. The molecule has 0 aliphatic heterocycles. The molecule has 1 rings (SSSR count). The number of anilines is 1. The molecule has 0 radical (unpaired) electrons. The fourth-order valence-corrected chi connectivity index (χ4v) is 1.77. The smallest absolute Gasteiger partial charge is 0.256 e. The monoisotopic (exact) mass is 246 g/mol. The van der Waals surface area contributed by atoms with E-state index in [1.807, 2.05) is 31.2 Å². The first-order chi connectivity index (χ1) is 8.74. The molecular weight excluding hydrogens is 224 g/mol. The van der Waals surface area contributed by atoms with Gasteiger partial charge in [0.25, 0.3) is 5.91 Å². The minimum atomic E-state index is 0.0524. The lowest BCUT2D eigenvalue weighted by Crippen LogP contribution is -2.31. The van der Waals surface area contributed by atoms with E-state index in [1.54, 1.807) is 11.0 Å². The quantitative estimate of drug-likeness (QED) is 0.749. The second-order valence-electron chi connectivity index (χ2n) is 4.10. The Labute approximate surface area is 109 Å². The van der Waals surface area contributed by atoms with Crippen LogP contribution in [0.1, 0.15) is 30.6 Å². The van der Waals surface area contributed by atoms with Gasteiger partial charge in [0, 0.05) is 25.3 Å². The molecule has 0 unspecified atom stereocenters. The van der Waals surface area contributed by atoms with Gasteiger partial charge in [0.05, 0.1) is 5.56 Å². The first kappa shape index (κ1) is 14.3. The topological polar surface area (TPSA) is 32.3 Å². The summed E-state index contributed by atoms with van der Waals surface area (Å²) in [6.45, 7) is 9.91. The van der Waals surface area contributed by atoms with E-state index < -0.39 is 0 Å². The number of carbonyl (C=O) groups excluding carboxylic acids is 1. The van der Waals surface area contributed by atoms with Gasteiger partial charge in [0.1, 0.15) is 0 Å². The summed E-state index contributed by atoms with van der Waals surface area (Å²) >= 11 is 0. The number of rotatable bonds is 7. The molecule has 0 fully saturated rings. The van der Waals surface area contributed by atoms with Crippen LogP contribution < -0.4 is 5.32 Å². The molecule has 1 aromatic carbocycles. The van der Waals surface area contributed by atoms with Crippen molar-refractivity contribution in [3.05, 3.63) is 42.5 Å². The molecule has 0 aliphatic rings. The van der Waals surface area contributed by atoms with Crippen LogP contribution in [0.25, 0.3) is 0 Å². The van der Waals surface area contributed by atoms with Gasteiger partial charge in [-0.3, -0.25) is 4.79 Å². The summed E-state index contributed by atoms with van der Waals surface area (Å²) in [4.78, 5) is 14.2. The predicted octanol–water partition coefficient (Wildman–Crippen LogP) is 3.16. The van der Waals surface area contributed by atoms with Crippen LogP contribution in [0.5, 0.6) is 0 Å². The zero-order chi connectivity index (χ0) is 13.4. The second-order valence-corrected chi connectivity index (χ2v) is 4.10. The summed E-state index contributed by atoms with van der Waals surface area (Å²) < 4.78 is 0. The molecule has 0 saturated heterocycles. The van der Waals surface area contributed by atoms with E-state index in [1.165, 1.54) is 0 Å².